The molecule has 7 nitrogen and oxygen atoms in total. The molecule has 0 unspecified atom stereocenters. The molecule has 0 aromatic carbocycles. The van der Waals surface area contributed by atoms with Gasteiger partial charge in [0.05, 0.1) is 19.1 Å². The van der Waals surface area contributed by atoms with Gasteiger partial charge in [0.1, 0.15) is 0 Å². The first kappa shape index (κ1) is 19.4. The fraction of sp³-hybridized carbons (Fsp3) is 0.786. The van der Waals surface area contributed by atoms with E-state index in [0.29, 0.717) is 6.54 Å². The van der Waals surface area contributed by atoms with Crippen LogP contribution in [0.5, 0.6) is 0 Å². The van der Waals surface area contributed by atoms with Crippen molar-refractivity contribution in [2.45, 2.75) is 46.7 Å². The summed E-state index contributed by atoms with van der Waals surface area (Å²) in [5.41, 5.74) is 5.69. The molecular weight excluding hydrogens is 272 g/mol. The van der Waals surface area contributed by atoms with Crippen molar-refractivity contribution in [2.24, 2.45) is 11.7 Å². The summed E-state index contributed by atoms with van der Waals surface area (Å²) in [5.74, 6) is -0.883. The normalized spacial score (nSPS) is 12.2. The molecule has 0 aliphatic carbocycles. The van der Waals surface area contributed by atoms with Crippen LogP contribution in [-0.4, -0.2) is 54.3 Å². The minimum atomic E-state index is -0.642. The Morgan fingerprint density at radius 2 is 1.71 bits per heavy atom. The van der Waals surface area contributed by atoms with E-state index in [2.05, 4.69) is 10.6 Å². The molecule has 0 heterocycles. The maximum Gasteiger partial charge on any atom is 0.242 e. The van der Waals surface area contributed by atoms with Gasteiger partial charge in [-0.1, -0.05) is 13.8 Å². The Balaban J connectivity index is 4.34. The van der Waals surface area contributed by atoms with Gasteiger partial charge in [-0.25, -0.2) is 0 Å². The third kappa shape index (κ3) is 7.65. The van der Waals surface area contributed by atoms with Gasteiger partial charge in [-0.15, -0.1) is 0 Å². The third-order valence-corrected chi connectivity index (χ3v) is 2.95. The summed E-state index contributed by atoms with van der Waals surface area (Å²) in [6, 6.07) is -0.618. The first-order valence-electron chi connectivity index (χ1n) is 7.29. The summed E-state index contributed by atoms with van der Waals surface area (Å²) in [6.07, 6.45) is 0. The van der Waals surface area contributed by atoms with Crippen molar-refractivity contribution >= 4 is 17.7 Å². The number of rotatable bonds is 8. The lowest BCUT2D eigenvalue weighted by Crippen LogP contribution is -2.49. The highest BCUT2D eigenvalue weighted by atomic mass is 16.2. The second-order valence-electron chi connectivity index (χ2n) is 5.62. The van der Waals surface area contributed by atoms with E-state index in [1.165, 1.54) is 4.90 Å². The van der Waals surface area contributed by atoms with Crippen molar-refractivity contribution < 1.29 is 14.4 Å². The number of carbonyl (C=O) groups is 3. The SMILES string of the molecule is CCN(CC(=O)NC(C)C)C(=O)CNC(=O)[C@@H](N)C(C)C. The van der Waals surface area contributed by atoms with Crippen molar-refractivity contribution in [3.8, 4) is 0 Å². The van der Waals surface area contributed by atoms with Gasteiger partial charge in [0.25, 0.3) is 0 Å². The topological polar surface area (TPSA) is 105 Å². The Hall–Kier alpha value is -1.63. The number of nitrogens with zero attached hydrogens (tertiary/aromatic N) is 1. The van der Waals surface area contributed by atoms with E-state index in [1.807, 2.05) is 27.7 Å². The molecular formula is C14H28N4O3. The molecule has 21 heavy (non-hydrogen) atoms. The smallest absolute Gasteiger partial charge is 0.242 e. The number of amides is 3. The van der Waals surface area contributed by atoms with E-state index in [0.717, 1.165) is 0 Å². The van der Waals surface area contributed by atoms with Crippen LogP contribution in [0.1, 0.15) is 34.6 Å². The average molecular weight is 300 g/mol. The number of hydrogen-bond acceptors (Lipinski definition) is 4. The quantitative estimate of drug-likeness (QED) is 0.560. The average Bonchev–Trinajstić information content (AvgIpc) is 2.39. The highest BCUT2D eigenvalue weighted by Crippen LogP contribution is 1.98. The summed E-state index contributed by atoms with van der Waals surface area (Å²) in [6.45, 7) is 9.38. The third-order valence-electron chi connectivity index (χ3n) is 2.95. The fourth-order valence-electron chi connectivity index (χ4n) is 1.61. The van der Waals surface area contributed by atoms with Crippen LogP contribution in [0.3, 0.4) is 0 Å². The summed E-state index contributed by atoms with van der Waals surface area (Å²) >= 11 is 0. The minimum absolute atomic E-state index is 0.000741. The van der Waals surface area contributed by atoms with Crippen molar-refractivity contribution in [1.29, 1.82) is 0 Å². The predicted molar refractivity (Wildman–Crippen MR) is 81.4 cm³/mol. The van der Waals surface area contributed by atoms with Gasteiger partial charge in [0.2, 0.25) is 17.7 Å². The van der Waals surface area contributed by atoms with Gasteiger partial charge >= 0.3 is 0 Å². The molecule has 0 saturated heterocycles. The van der Waals surface area contributed by atoms with Crippen molar-refractivity contribution in [1.82, 2.24) is 15.5 Å². The van der Waals surface area contributed by atoms with E-state index in [-0.39, 0.29) is 42.8 Å². The van der Waals surface area contributed by atoms with Crippen LogP contribution in [0, 0.1) is 5.92 Å². The highest BCUT2D eigenvalue weighted by molar-refractivity contribution is 5.89. The fourth-order valence-corrected chi connectivity index (χ4v) is 1.61. The van der Waals surface area contributed by atoms with Crippen LogP contribution in [0.4, 0.5) is 0 Å². The zero-order valence-corrected chi connectivity index (χ0v) is 13.6. The molecule has 7 heteroatoms. The maximum absolute atomic E-state index is 12.0. The van der Waals surface area contributed by atoms with Gasteiger partial charge in [0.15, 0.2) is 0 Å². The van der Waals surface area contributed by atoms with E-state index < -0.39 is 6.04 Å². The van der Waals surface area contributed by atoms with Crippen molar-refractivity contribution in [3.63, 3.8) is 0 Å². The molecule has 0 aromatic rings. The van der Waals surface area contributed by atoms with E-state index in [4.69, 9.17) is 5.73 Å². The Kier molecular flexibility index (Phi) is 8.61. The molecule has 3 amide bonds. The van der Waals surface area contributed by atoms with E-state index in [1.54, 1.807) is 6.92 Å². The predicted octanol–water partition coefficient (Wildman–Crippen LogP) is -0.541. The molecule has 0 aliphatic heterocycles. The van der Waals surface area contributed by atoms with Gasteiger partial charge in [-0.05, 0) is 26.7 Å². The number of hydrogen-bond donors (Lipinski definition) is 3. The molecule has 0 fully saturated rings. The largest absolute Gasteiger partial charge is 0.352 e. The lowest BCUT2D eigenvalue weighted by Gasteiger charge is -2.22. The van der Waals surface area contributed by atoms with Gasteiger partial charge < -0.3 is 21.3 Å². The monoisotopic (exact) mass is 300 g/mol. The maximum atomic E-state index is 12.0. The lowest BCUT2D eigenvalue weighted by atomic mass is 10.1. The molecule has 4 N–H and O–H groups in total. The zero-order valence-electron chi connectivity index (χ0n) is 13.6. The van der Waals surface area contributed by atoms with Crippen LogP contribution in [0.2, 0.25) is 0 Å². The van der Waals surface area contributed by atoms with E-state index in [9.17, 15) is 14.4 Å². The Morgan fingerprint density at radius 3 is 2.14 bits per heavy atom. The lowest BCUT2D eigenvalue weighted by molar-refractivity contribution is -0.136. The minimum Gasteiger partial charge on any atom is -0.352 e. The van der Waals surface area contributed by atoms with Crippen molar-refractivity contribution in [2.75, 3.05) is 19.6 Å². The summed E-state index contributed by atoms with van der Waals surface area (Å²) in [5, 5.41) is 5.23. The van der Waals surface area contributed by atoms with Crippen LogP contribution in [0.15, 0.2) is 0 Å². The molecule has 0 radical (unpaired) electrons. The van der Waals surface area contributed by atoms with Gasteiger partial charge in [0, 0.05) is 12.6 Å². The van der Waals surface area contributed by atoms with Crippen molar-refractivity contribution in [3.05, 3.63) is 0 Å². The number of nitrogens with two attached hydrogens (primary N) is 1. The Labute approximate surface area is 126 Å². The molecule has 0 bridgehead atoms. The molecule has 0 aliphatic rings. The standard InChI is InChI=1S/C14H28N4O3/c1-6-18(8-11(19)17-10(4)5)12(20)7-16-14(21)13(15)9(2)3/h9-10,13H,6-8,15H2,1-5H3,(H,16,21)(H,17,19)/t13-/m0/s1. The molecule has 0 rings (SSSR count). The molecule has 0 spiro atoms. The molecule has 1 atom stereocenters. The second-order valence-corrected chi connectivity index (χ2v) is 5.62. The second kappa shape index (κ2) is 9.33. The van der Waals surface area contributed by atoms with Crippen LogP contribution in [-0.2, 0) is 14.4 Å². The summed E-state index contributed by atoms with van der Waals surface area (Å²) in [4.78, 5) is 36.7. The summed E-state index contributed by atoms with van der Waals surface area (Å²) < 4.78 is 0. The van der Waals surface area contributed by atoms with E-state index >= 15 is 0 Å². The first-order chi connectivity index (χ1) is 9.68. The van der Waals surface area contributed by atoms with Crippen LogP contribution < -0.4 is 16.4 Å². The Morgan fingerprint density at radius 1 is 1.14 bits per heavy atom. The number of carbonyl (C=O) groups excluding carboxylic acids is 3. The van der Waals surface area contributed by atoms with Gasteiger partial charge in [-0.3, -0.25) is 14.4 Å². The van der Waals surface area contributed by atoms with Gasteiger partial charge in [-0.2, -0.15) is 0 Å². The summed E-state index contributed by atoms with van der Waals surface area (Å²) in [7, 11) is 0. The zero-order chi connectivity index (χ0) is 16.6. The number of likely N-dealkylation sites (N-methyl/N-ethyl adjacent to an activating group) is 1. The molecule has 122 valence electrons. The van der Waals surface area contributed by atoms with Crippen LogP contribution >= 0.6 is 0 Å². The Bertz CT molecular complexity index is 369. The highest BCUT2D eigenvalue weighted by Gasteiger charge is 2.20. The molecule has 0 saturated carbocycles. The number of nitrogens with one attached hydrogen (secondary N) is 2. The molecule has 0 aromatic heterocycles. The van der Waals surface area contributed by atoms with Crippen LogP contribution in [0.25, 0.3) is 0 Å². The first-order valence-corrected chi connectivity index (χ1v) is 7.29.